The predicted octanol–water partition coefficient (Wildman–Crippen LogP) is 1.52. The Morgan fingerprint density at radius 1 is 1.42 bits per heavy atom. The predicted molar refractivity (Wildman–Crippen MR) is 67.7 cm³/mol. The van der Waals surface area contributed by atoms with Crippen molar-refractivity contribution in [3.05, 3.63) is 29.6 Å². The van der Waals surface area contributed by atoms with Crippen molar-refractivity contribution in [2.75, 3.05) is 6.54 Å². The summed E-state index contributed by atoms with van der Waals surface area (Å²) in [5.41, 5.74) is -0.851. The van der Waals surface area contributed by atoms with E-state index < -0.39 is 27.2 Å². The normalized spacial score (nSPS) is 12.4. The Morgan fingerprint density at radius 2 is 2.00 bits per heavy atom. The molecule has 0 aliphatic carbocycles. The van der Waals surface area contributed by atoms with Gasteiger partial charge < -0.3 is 5.11 Å². The Morgan fingerprint density at radius 3 is 2.53 bits per heavy atom. The van der Waals surface area contributed by atoms with Crippen molar-refractivity contribution in [2.24, 2.45) is 5.41 Å². The molecule has 7 heteroatoms. The number of carbonyl (C=O) groups is 1. The van der Waals surface area contributed by atoms with Gasteiger partial charge in [-0.1, -0.05) is 6.07 Å². The minimum Gasteiger partial charge on any atom is -0.481 e. The molecule has 106 valence electrons. The number of hydrogen-bond donors (Lipinski definition) is 2. The number of hydrogen-bond acceptors (Lipinski definition) is 3. The van der Waals surface area contributed by atoms with Gasteiger partial charge in [0, 0.05) is 6.54 Å². The summed E-state index contributed by atoms with van der Waals surface area (Å²) < 4.78 is 39.3. The molecule has 0 saturated carbocycles. The number of benzene rings is 1. The molecule has 0 unspecified atom stereocenters. The van der Waals surface area contributed by atoms with Crippen molar-refractivity contribution >= 4 is 16.0 Å². The molecule has 0 saturated heterocycles. The molecule has 1 aromatic rings. The van der Waals surface area contributed by atoms with Gasteiger partial charge >= 0.3 is 5.97 Å². The molecule has 2 N–H and O–H groups in total. The van der Waals surface area contributed by atoms with Crippen molar-refractivity contribution in [1.29, 1.82) is 0 Å². The molecule has 0 aliphatic rings. The topological polar surface area (TPSA) is 83.5 Å². The first-order valence-corrected chi connectivity index (χ1v) is 7.04. The van der Waals surface area contributed by atoms with Crippen molar-refractivity contribution in [1.82, 2.24) is 4.72 Å². The Kier molecular flexibility index (Phi) is 4.32. The third-order valence-electron chi connectivity index (χ3n) is 2.72. The Labute approximate surface area is 111 Å². The van der Waals surface area contributed by atoms with E-state index in [2.05, 4.69) is 4.72 Å². The molecule has 19 heavy (non-hydrogen) atoms. The summed E-state index contributed by atoms with van der Waals surface area (Å²) in [6.45, 7) is 4.06. The van der Waals surface area contributed by atoms with E-state index in [9.17, 15) is 17.6 Å². The fourth-order valence-corrected chi connectivity index (χ4v) is 2.76. The van der Waals surface area contributed by atoms with Crippen LogP contribution >= 0.6 is 0 Å². The first-order valence-electron chi connectivity index (χ1n) is 5.55. The molecule has 0 atom stereocenters. The number of nitrogens with one attached hydrogen (secondary N) is 1. The molecule has 5 nitrogen and oxygen atoms in total. The van der Waals surface area contributed by atoms with Gasteiger partial charge in [0.15, 0.2) is 0 Å². The van der Waals surface area contributed by atoms with Crippen LogP contribution in [0, 0.1) is 18.2 Å². The molecule has 0 heterocycles. The number of sulfonamides is 1. The summed E-state index contributed by atoms with van der Waals surface area (Å²) in [6.07, 6.45) is 0. The highest BCUT2D eigenvalue weighted by atomic mass is 32.2. The van der Waals surface area contributed by atoms with Crippen LogP contribution in [0.4, 0.5) is 4.39 Å². The average Bonchev–Trinajstić information content (AvgIpc) is 2.30. The molecular formula is C12H16FNO4S. The van der Waals surface area contributed by atoms with Crippen LogP contribution < -0.4 is 4.72 Å². The number of halogens is 1. The lowest BCUT2D eigenvalue weighted by molar-refractivity contribution is -0.146. The maximum Gasteiger partial charge on any atom is 0.310 e. The smallest absolute Gasteiger partial charge is 0.310 e. The van der Waals surface area contributed by atoms with Gasteiger partial charge in [0.1, 0.15) is 5.82 Å². The third-order valence-corrected chi connectivity index (χ3v) is 4.27. The minimum atomic E-state index is -3.93. The van der Waals surface area contributed by atoms with Crippen LogP contribution in [-0.4, -0.2) is 26.0 Å². The van der Waals surface area contributed by atoms with E-state index in [-0.39, 0.29) is 11.4 Å². The molecule has 0 aromatic heterocycles. The minimum absolute atomic E-state index is 0.186. The van der Waals surface area contributed by atoms with Crippen LogP contribution in [0.1, 0.15) is 19.4 Å². The molecule has 0 bridgehead atoms. The van der Waals surface area contributed by atoms with Crippen molar-refractivity contribution in [3.8, 4) is 0 Å². The molecule has 0 spiro atoms. The molecular weight excluding hydrogens is 273 g/mol. The second kappa shape index (κ2) is 5.26. The number of aliphatic carboxylic acids is 1. The lowest BCUT2D eigenvalue weighted by atomic mass is 9.95. The van der Waals surface area contributed by atoms with Crippen LogP contribution in [-0.2, 0) is 14.8 Å². The zero-order valence-corrected chi connectivity index (χ0v) is 11.7. The highest BCUT2D eigenvalue weighted by Gasteiger charge is 2.29. The van der Waals surface area contributed by atoms with Crippen molar-refractivity contribution in [2.45, 2.75) is 25.7 Å². The summed E-state index contributed by atoms with van der Waals surface area (Å²) in [6, 6.07) is 3.42. The second-order valence-corrected chi connectivity index (χ2v) is 6.66. The van der Waals surface area contributed by atoms with Crippen molar-refractivity contribution in [3.63, 3.8) is 0 Å². The lowest BCUT2D eigenvalue weighted by Crippen LogP contribution is -2.39. The first kappa shape index (κ1) is 15.6. The van der Waals surface area contributed by atoms with Gasteiger partial charge in [-0.15, -0.1) is 0 Å². The van der Waals surface area contributed by atoms with Crippen LogP contribution in [0.25, 0.3) is 0 Å². The molecule has 0 amide bonds. The lowest BCUT2D eigenvalue weighted by Gasteiger charge is -2.19. The van der Waals surface area contributed by atoms with E-state index in [1.165, 1.54) is 26.8 Å². The summed E-state index contributed by atoms with van der Waals surface area (Å²) in [4.78, 5) is 10.7. The average molecular weight is 289 g/mol. The van der Waals surface area contributed by atoms with E-state index in [1.54, 1.807) is 0 Å². The van der Waals surface area contributed by atoms with Gasteiger partial charge in [-0.05, 0) is 38.5 Å². The number of carboxylic acids is 1. The Bertz CT molecular complexity index is 596. The van der Waals surface area contributed by atoms with Gasteiger partial charge in [-0.25, -0.2) is 17.5 Å². The van der Waals surface area contributed by atoms with Gasteiger partial charge in [-0.3, -0.25) is 4.79 Å². The SMILES string of the molecule is Cc1ccc(F)cc1S(=O)(=O)NCC(C)(C)C(=O)O. The van der Waals surface area contributed by atoms with Crippen molar-refractivity contribution < 1.29 is 22.7 Å². The maximum atomic E-state index is 13.1. The fraction of sp³-hybridized carbons (Fsp3) is 0.417. The summed E-state index contributed by atoms with van der Waals surface area (Å²) in [5.74, 6) is -1.78. The quantitative estimate of drug-likeness (QED) is 0.861. The van der Waals surface area contributed by atoms with E-state index in [1.807, 2.05) is 0 Å². The second-order valence-electron chi connectivity index (χ2n) is 4.92. The van der Waals surface area contributed by atoms with Crippen LogP contribution in [0.5, 0.6) is 0 Å². The molecule has 1 rings (SSSR count). The molecule has 1 aromatic carbocycles. The summed E-state index contributed by atoms with van der Waals surface area (Å²) in [5, 5.41) is 8.91. The van der Waals surface area contributed by atoms with Gasteiger partial charge in [0.2, 0.25) is 10.0 Å². The number of aryl methyl sites for hydroxylation is 1. The Hall–Kier alpha value is -1.47. The first-order chi connectivity index (χ1) is 8.56. The van der Waals surface area contributed by atoms with E-state index in [0.717, 1.165) is 12.1 Å². The highest BCUT2D eigenvalue weighted by molar-refractivity contribution is 7.89. The van der Waals surface area contributed by atoms with Gasteiger partial charge in [-0.2, -0.15) is 0 Å². The summed E-state index contributed by atoms with van der Waals surface area (Å²) in [7, 11) is -3.93. The molecule has 0 fully saturated rings. The van der Waals surface area contributed by atoms with E-state index in [4.69, 9.17) is 5.11 Å². The number of rotatable bonds is 5. The highest BCUT2D eigenvalue weighted by Crippen LogP contribution is 2.19. The zero-order chi connectivity index (χ0) is 14.8. The van der Waals surface area contributed by atoms with E-state index in [0.29, 0.717) is 5.56 Å². The fourth-order valence-electron chi connectivity index (χ4n) is 1.29. The van der Waals surface area contributed by atoms with Crippen LogP contribution in [0.3, 0.4) is 0 Å². The van der Waals surface area contributed by atoms with Gasteiger partial charge in [0.25, 0.3) is 0 Å². The monoisotopic (exact) mass is 289 g/mol. The maximum absolute atomic E-state index is 13.1. The molecule has 0 radical (unpaired) electrons. The Balaban J connectivity index is 3.00. The largest absolute Gasteiger partial charge is 0.481 e. The standard InChI is InChI=1S/C12H16FNO4S/c1-8-4-5-9(13)6-10(8)19(17,18)14-7-12(2,3)11(15)16/h4-6,14H,7H2,1-3H3,(H,15,16). The zero-order valence-electron chi connectivity index (χ0n) is 10.9. The van der Waals surface area contributed by atoms with E-state index >= 15 is 0 Å². The number of carboxylic acid groups (broad SMARTS) is 1. The molecule has 0 aliphatic heterocycles. The van der Waals surface area contributed by atoms with Crippen LogP contribution in [0.2, 0.25) is 0 Å². The van der Waals surface area contributed by atoms with Gasteiger partial charge in [0.05, 0.1) is 10.3 Å². The van der Waals surface area contributed by atoms with Crippen LogP contribution in [0.15, 0.2) is 23.1 Å². The third kappa shape index (κ3) is 3.74. The summed E-state index contributed by atoms with van der Waals surface area (Å²) >= 11 is 0.